The largest absolute Gasteiger partial charge is 0.341 e. The number of hydrogen-bond acceptors (Lipinski definition) is 3. The first-order valence-electron chi connectivity index (χ1n) is 11.8. The van der Waals surface area contributed by atoms with Crippen molar-refractivity contribution in [1.82, 2.24) is 15.1 Å². The molecule has 2 saturated heterocycles. The average Bonchev–Trinajstić information content (AvgIpc) is 2.71. The number of piperidine rings is 2. The van der Waals surface area contributed by atoms with Gasteiger partial charge >= 0.3 is 0 Å². The molecule has 4 nitrogen and oxygen atoms in total. The molecule has 1 amide bonds. The fraction of sp³-hybridized carbons (Fsp3) is 0.720. The lowest BCUT2D eigenvalue weighted by atomic mass is 9.70. The van der Waals surface area contributed by atoms with Gasteiger partial charge in [0.25, 0.3) is 0 Å². The molecule has 1 N–H and O–H groups in total. The van der Waals surface area contributed by atoms with Gasteiger partial charge in [-0.05, 0) is 67.3 Å². The first kappa shape index (κ1) is 23.6. The van der Waals surface area contributed by atoms with E-state index in [0.717, 1.165) is 37.6 Å². The number of carbonyl (C=O) groups is 1. The molecule has 2 atom stereocenters. The van der Waals surface area contributed by atoms with E-state index in [1.54, 1.807) is 0 Å². The number of rotatable bonds is 7. The molecule has 30 heavy (non-hydrogen) atoms. The van der Waals surface area contributed by atoms with Gasteiger partial charge in [0.05, 0.1) is 6.04 Å². The van der Waals surface area contributed by atoms with Gasteiger partial charge in [-0.1, -0.05) is 57.8 Å². The Hall–Kier alpha value is -1.10. The summed E-state index contributed by atoms with van der Waals surface area (Å²) in [4.78, 5) is 18.1. The van der Waals surface area contributed by atoms with Crippen molar-refractivity contribution in [2.45, 2.75) is 65.3 Å². The summed E-state index contributed by atoms with van der Waals surface area (Å²) in [5.41, 5.74) is 1.37. The van der Waals surface area contributed by atoms with Crippen LogP contribution < -0.4 is 5.32 Å². The summed E-state index contributed by atoms with van der Waals surface area (Å²) in [6.07, 6.45) is 4.98. The van der Waals surface area contributed by atoms with Crippen molar-refractivity contribution in [3.05, 3.63) is 34.9 Å². The normalized spacial score (nSPS) is 23.5. The zero-order chi connectivity index (χ0) is 21.7. The Balaban J connectivity index is 1.58. The number of carbonyl (C=O) groups excluding carboxylic acids is 1. The highest BCUT2D eigenvalue weighted by atomic mass is 35.5. The molecule has 168 valence electrons. The monoisotopic (exact) mass is 433 g/mol. The maximum atomic E-state index is 13.4. The molecule has 0 bridgehead atoms. The molecule has 1 aromatic rings. The highest BCUT2D eigenvalue weighted by Gasteiger charge is 2.40. The molecule has 0 spiro atoms. The van der Waals surface area contributed by atoms with E-state index in [1.807, 2.05) is 12.1 Å². The molecule has 1 unspecified atom stereocenters. The lowest BCUT2D eigenvalue weighted by Gasteiger charge is -2.46. The summed E-state index contributed by atoms with van der Waals surface area (Å²) in [6.45, 7) is 14.9. The van der Waals surface area contributed by atoms with Crippen LogP contribution in [0, 0.1) is 11.3 Å². The van der Waals surface area contributed by atoms with Crippen LogP contribution in [0.4, 0.5) is 0 Å². The summed E-state index contributed by atoms with van der Waals surface area (Å²) in [6, 6.07) is 8.14. The minimum Gasteiger partial charge on any atom is -0.341 e. The molecular weight excluding hydrogens is 394 g/mol. The van der Waals surface area contributed by atoms with E-state index in [2.05, 4.69) is 54.9 Å². The summed E-state index contributed by atoms with van der Waals surface area (Å²) < 4.78 is 0. The minimum atomic E-state index is -0.0994. The van der Waals surface area contributed by atoms with Crippen LogP contribution in [0.3, 0.4) is 0 Å². The van der Waals surface area contributed by atoms with Crippen LogP contribution in [0.15, 0.2) is 24.3 Å². The van der Waals surface area contributed by atoms with Crippen molar-refractivity contribution in [3.63, 3.8) is 0 Å². The zero-order valence-corrected chi connectivity index (χ0v) is 20.0. The molecule has 5 heteroatoms. The molecule has 2 aliphatic heterocycles. The van der Waals surface area contributed by atoms with Crippen LogP contribution in [0.25, 0.3) is 0 Å². The van der Waals surface area contributed by atoms with E-state index in [0.29, 0.717) is 5.92 Å². The SMILES string of the molecule is CC(C)[C@@H](NCCN1CCCCC1)C(=O)N1CCC(c2ccc(Cl)cc2)C(C)(C)C1. The van der Waals surface area contributed by atoms with Crippen molar-refractivity contribution >= 4 is 17.5 Å². The Morgan fingerprint density at radius 1 is 1.13 bits per heavy atom. The van der Waals surface area contributed by atoms with Gasteiger partial charge in [-0.2, -0.15) is 0 Å². The number of nitrogens with zero attached hydrogens (tertiary/aromatic N) is 2. The Labute approximate surface area is 188 Å². The fourth-order valence-corrected chi connectivity index (χ4v) is 5.35. The van der Waals surface area contributed by atoms with Gasteiger partial charge in [0, 0.05) is 31.2 Å². The second-order valence-corrected chi connectivity index (χ2v) is 10.7. The van der Waals surface area contributed by atoms with Crippen LogP contribution >= 0.6 is 11.6 Å². The smallest absolute Gasteiger partial charge is 0.239 e. The van der Waals surface area contributed by atoms with Crippen molar-refractivity contribution in [2.75, 3.05) is 39.3 Å². The van der Waals surface area contributed by atoms with Gasteiger partial charge in [0.1, 0.15) is 0 Å². The molecule has 2 fully saturated rings. The standard InChI is InChI=1S/C25H40ClN3O/c1-19(2)23(27-13-17-28-14-6-5-7-15-28)24(30)29-16-12-22(25(3,4)18-29)20-8-10-21(26)11-9-20/h8-11,19,22-23,27H,5-7,12-18H2,1-4H3/t22?,23-/m1/s1. The van der Waals surface area contributed by atoms with E-state index in [1.165, 1.54) is 37.9 Å². The highest BCUT2D eigenvalue weighted by Crippen LogP contribution is 2.42. The molecule has 3 rings (SSSR count). The summed E-state index contributed by atoms with van der Waals surface area (Å²) in [7, 11) is 0. The van der Waals surface area contributed by atoms with Crippen molar-refractivity contribution in [3.8, 4) is 0 Å². The lowest BCUT2D eigenvalue weighted by molar-refractivity contribution is -0.138. The molecule has 0 aromatic heterocycles. The fourth-order valence-electron chi connectivity index (χ4n) is 5.22. The maximum absolute atomic E-state index is 13.4. The first-order valence-corrected chi connectivity index (χ1v) is 12.2. The molecule has 0 radical (unpaired) electrons. The van der Waals surface area contributed by atoms with Crippen molar-refractivity contribution in [2.24, 2.45) is 11.3 Å². The predicted octanol–water partition coefficient (Wildman–Crippen LogP) is 4.78. The van der Waals surface area contributed by atoms with Crippen LogP contribution in [-0.2, 0) is 4.79 Å². The topological polar surface area (TPSA) is 35.6 Å². The summed E-state index contributed by atoms with van der Waals surface area (Å²) in [5, 5.41) is 4.37. The number of amides is 1. The highest BCUT2D eigenvalue weighted by molar-refractivity contribution is 6.30. The number of nitrogens with one attached hydrogen (secondary N) is 1. The van der Waals surface area contributed by atoms with Crippen molar-refractivity contribution in [1.29, 1.82) is 0 Å². The van der Waals surface area contributed by atoms with Gasteiger partial charge in [-0.15, -0.1) is 0 Å². The third-order valence-electron chi connectivity index (χ3n) is 6.99. The van der Waals surface area contributed by atoms with Crippen LogP contribution in [0.1, 0.15) is 64.9 Å². The Morgan fingerprint density at radius 2 is 1.80 bits per heavy atom. The number of likely N-dealkylation sites (tertiary alicyclic amines) is 2. The lowest BCUT2D eigenvalue weighted by Crippen LogP contribution is -2.55. The molecule has 2 aliphatic rings. The third kappa shape index (κ3) is 5.99. The number of benzene rings is 1. The molecule has 0 aliphatic carbocycles. The second kappa shape index (κ2) is 10.5. The number of hydrogen-bond donors (Lipinski definition) is 1. The van der Waals surface area contributed by atoms with E-state index >= 15 is 0 Å². The van der Waals surface area contributed by atoms with Gasteiger partial charge in [-0.3, -0.25) is 4.79 Å². The van der Waals surface area contributed by atoms with Gasteiger partial charge in [0.15, 0.2) is 0 Å². The Morgan fingerprint density at radius 3 is 2.40 bits per heavy atom. The van der Waals surface area contributed by atoms with Gasteiger partial charge in [0.2, 0.25) is 5.91 Å². The molecule has 0 saturated carbocycles. The Bertz CT molecular complexity index is 682. The molecular formula is C25H40ClN3O. The summed E-state index contributed by atoms with van der Waals surface area (Å²) >= 11 is 6.08. The summed E-state index contributed by atoms with van der Waals surface area (Å²) in [5.74, 6) is 1.01. The first-order chi connectivity index (χ1) is 14.3. The van der Waals surface area contributed by atoms with Crippen LogP contribution in [0.5, 0.6) is 0 Å². The third-order valence-corrected chi connectivity index (χ3v) is 7.24. The molecule has 2 heterocycles. The quantitative estimate of drug-likeness (QED) is 0.671. The molecule has 1 aromatic carbocycles. The van der Waals surface area contributed by atoms with E-state index in [-0.39, 0.29) is 23.3 Å². The zero-order valence-electron chi connectivity index (χ0n) is 19.3. The minimum absolute atomic E-state index is 0.0388. The second-order valence-electron chi connectivity index (χ2n) is 10.2. The van der Waals surface area contributed by atoms with Gasteiger partial charge < -0.3 is 15.1 Å². The van der Waals surface area contributed by atoms with Gasteiger partial charge in [-0.25, -0.2) is 0 Å². The van der Waals surface area contributed by atoms with E-state index in [9.17, 15) is 4.79 Å². The Kier molecular flexibility index (Phi) is 8.23. The predicted molar refractivity (Wildman–Crippen MR) is 126 cm³/mol. The maximum Gasteiger partial charge on any atom is 0.239 e. The average molecular weight is 434 g/mol. The van der Waals surface area contributed by atoms with E-state index in [4.69, 9.17) is 11.6 Å². The van der Waals surface area contributed by atoms with Crippen LogP contribution in [0.2, 0.25) is 5.02 Å². The van der Waals surface area contributed by atoms with Crippen molar-refractivity contribution < 1.29 is 4.79 Å². The van der Waals surface area contributed by atoms with E-state index < -0.39 is 0 Å². The van der Waals surface area contributed by atoms with Crippen LogP contribution in [-0.4, -0.2) is 61.0 Å². The number of halogens is 1.